The summed E-state index contributed by atoms with van der Waals surface area (Å²) in [6, 6.07) is 10.5. The lowest BCUT2D eigenvalue weighted by Gasteiger charge is -2.10. The molecule has 134 valence electrons. The zero-order valence-corrected chi connectivity index (χ0v) is 14.4. The summed E-state index contributed by atoms with van der Waals surface area (Å²) in [4.78, 5) is 25.2. The van der Waals surface area contributed by atoms with Crippen LogP contribution in [0.5, 0.6) is 5.75 Å². The monoisotopic (exact) mass is 353 g/mol. The third kappa shape index (κ3) is 3.55. The highest BCUT2D eigenvalue weighted by atomic mass is 16.5. The zero-order valence-electron chi connectivity index (χ0n) is 14.4. The van der Waals surface area contributed by atoms with E-state index in [0.717, 1.165) is 0 Å². The molecule has 0 saturated carbocycles. The van der Waals surface area contributed by atoms with Crippen LogP contribution >= 0.6 is 0 Å². The second kappa shape index (κ2) is 7.32. The number of amides is 1. The topological polar surface area (TPSA) is 123 Å². The molecular formula is C18H19N5O3. The molecule has 1 atom stereocenters. The van der Waals surface area contributed by atoms with Gasteiger partial charge in [0.25, 0.3) is 5.91 Å². The minimum Gasteiger partial charge on any atom is -0.494 e. The number of rotatable bonds is 5. The van der Waals surface area contributed by atoms with Crippen molar-refractivity contribution >= 4 is 22.8 Å². The number of carbonyl (C=O) groups excluding carboxylic acids is 1. The number of fused-ring (bicyclic) bond motifs is 1. The third-order valence-corrected chi connectivity index (χ3v) is 3.83. The van der Waals surface area contributed by atoms with Crippen LogP contribution in [-0.4, -0.2) is 33.1 Å². The van der Waals surface area contributed by atoms with Crippen LogP contribution in [0.25, 0.3) is 10.9 Å². The molecule has 0 fully saturated rings. The van der Waals surface area contributed by atoms with E-state index in [4.69, 9.17) is 10.5 Å². The number of nitrogen functional groups attached to an aromatic ring is 1. The summed E-state index contributed by atoms with van der Waals surface area (Å²) in [5.74, 6) is 0.0972. The summed E-state index contributed by atoms with van der Waals surface area (Å²) in [5, 5.41) is 12.9. The molecule has 4 N–H and O–H groups in total. The molecule has 3 aromatic rings. The molecule has 8 nitrogen and oxygen atoms in total. The van der Waals surface area contributed by atoms with E-state index in [2.05, 4.69) is 20.3 Å². The second-order valence-electron chi connectivity index (χ2n) is 5.70. The summed E-state index contributed by atoms with van der Waals surface area (Å²) in [7, 11) is 1.52. The van der Waals surface area contributed by atoms with E-state index in [-0.39, 0.29) is 18.2 Å². The number of nitrogens with zero attached hydrogens (tertiary/aromatic N) is 3. The quantitative estimate of drug-likeness (QED) is 0.636. The fourth-order valence-corrected chi connectivity index (χ4v) is 2.56. The minimum absolute atomic E-state index is 0.0126. The molecule has 8 heteroatoms. The SMILES string of the molecule is COc1cccc2c(C(=O)NCc3cccc(C(C)O)n3)nc(N)nc12. The van der Waals surface area contributed by atoms with Crippen LogP contribution in [0.3, 0.4) is 0 Å². The van der Waals surface area contributed by atoms with Gasteiger partial charge in [0, 0.05) is 5.39 Å². The molecule has 1 unspecified atom stereocenters. The Hall–Kier alpha value is -3.26. The standard InChI is InChI=1S/C18H19N5O3/c1-10(24)13-7-3-5-11(21-13)9-20-17(25)16-12-6-4-8-14(26-2)15(12)22-18(19)23-16/h3-8,10,24H,9H2,1-2H3,(H,20,25)(H2,19,22,23). The van der Waals surface area contributed by atoms with Gasteiger partial charge in [-0.05, 0) is 25.1 Å². The Kier molecular flexibility index (Phi) is 4.94. The predicted octanol–water partition coefficient (Wildman–Crippen LogP) is 1.60. The van der Waals surface area contributed by atoms with E-state index in [0.29, 0.717) is 28.0 Å². The number of hydrogen-bond acceptors (Lipinski definition) is 7. The first-order valence-electron chi connectivity index (χ1n) is 8.02. The van der Waals surface area contributed by atoms with Crippen LogP contribution < -0.4 is 15.8 Å². The van der Waals surface area contributed by atoms with E-state index in [1.165, 1.54) is 7.11 Å². The number of aliphatic hydroxyl groups excluding tert-OH is 1. The highest BCUT2D eigenvalue weighted by molar-refractivity contribution is 6.05. The Morgan fingerprint density at radius 1 is 1.23 bits per heavy atom. The molecule has 0 aliphatic carbocycles. The van der Waals surface area contributed by atoms with Gasteiger partial charge in [-0.25, -0.2) is 9.97 Å². The number of pyridine rings is 1. The molecule has 1 aromatic carbocycles. The molecular weight excluding hydrogens is 334 g/mol. The molecule has 3 rings (SSSR count). The van der Waals surface area contributed by atoms with E-state index < -0.39 is 12.0 Å². The number of nitrogens with two attached hydrogens (primary N) is 1. The number of ether oxygens (including phenoxy) is 1. The first-order valence-corrected chi connectivity index (χ1v) is 8.02. The van der Waals surface area contributed by atoms with Crippen LogP contribution in [-0.2, 0) is 6.54 Å². The van der Waals surface area contributed by atoms with Crippen molar-refractivity contribution in [2.45, 2.75) is 19.6 Å². The van der Waals surface area contributed by atoms with Crippen LogP contribution in [0.1, 0.15) is 34.9 Å². The van der Waals surface area contributed by atoms with Crippen molar-refractivity contribution < 1.29 is 14.6 Å². The van der Waals surface area contributed by atoms with Crippen molar-refractivity contribution in [1.29, 1.82) is 0 Å². The Bertz CT molecular complexity index is 959. The summed E-state index contributed by atoms with van der Waals surface area (Å²) in [6.45, 7) is 1.82. The first kappa shape index (κ1) is 17.6. The number of nitrogens with one attached hydrogen (secondary N) is 1. The summed E-state index contributed by atoms with van der Waals surface area (Å²) in [6.07, 6.45) is -0.677. The number of benzene rings is 1. The van der Waals surface area contributed by atoms with Gasteiger partial charge in [-0.1, -0.05) is 18.2 Å². The number of anilines is 1. The van der Waals surface area contributed by atoms with Gasteiger partial charge < -0.3 is 20.9 Å². The molecule has 0 aliphatic rings. The van der Waals surface area contributed by atoms with Crippen molar-refractivity contribution in [1.82, 2.24) is 20.3 Å². The fourth-order valence-electron chi connectivity index (χ4n) is 2.56. The lowest BCUT2D eigenvalue weighted by molar-refractivity contribution is 0.0947. The zero-order chi connectivity index (χ0) is 18.7. The maximum atomic E-state index is 12.6. The van der Waals surface area contributed by atoms with Crippen LogP contribution in [0.4, 0.5) is 5.95 Å². The van der Waals surface area contributed by atoms with Gasteiger partial charge in [-0.15, -0.1) is 0 Å². The van der Waals surface area contributed by atoms with E-state index in [1.54, 1.807) is 43.3 Å². The van der Waals surface area contributed by atoms with Crippen molar-refractivity contribution in [3.05, 3.63) is 53.5 Å². The number of methoxy groups -OCH3 is 1. The molecule has 1 amide bonds. The van der Waals surface area contributed by atoms with Gasteiger partial charge in [0.1, 0.15) is 17.0 Å². The Labute approximate surface area is 150 Å². The van der Waals surface area contributed by atoms with Crippen molar-refractivity contribution in [2.24, 2.45) is 0 Å². The Balaban J connectivity index is 1.87. The average Bonchev–Trinajstić information content (AvgIpc) is 2.65. The molecule has 26 heavy (non-hydrogen) atoms. The van der Waals surface area contributed by atoms with E-state index >= 15 is 0 Å². The Morgan fingerprint density at radius 3 is 2.73 bits per heavy atom. The maximum Gasteiger partial charge on any atom is 0.271 e. The van der Waals surface area contributed by atoms with Gasteiger partial charge in [-0.2, -0.15) is 0 Å². The lowest BCUT2D eigenvalue weighted by Crippen LogP contribution is -2.25. The average molecular weight is 353 g/mol. The largest absolute Gasteiger partial charge is 0.494 e. The number of aliphatic hydroxyl groups is 1. The van der Waals surface area contributed by atoms with Crippen molar-refractivity contribution in [2.75, 3.05) is 12.8 Å². The van der Waals surface area contributed by atoms with Gasteiger partial charge in [-0.3, -0.25) is 9.78 Å². The van der Waals surface area contributed by atoms with Crippen molar-refractivity contribution in [3.63, 3.8) is 0 Å². The van der Waals surface area contributed by atoms with E-state index in [1.807, 2.05) is 0 Å². The smallest absolute Gasteiger partial charge is 0.271 e. The van der Waals surface area contributed by atoms with Crippen LogP contribution in [0, 0.1) is 0 Å². The summed E-state index contributed by atoms with van der Waals surface area (Å²) >= 11 is 0. The molecule has 2 aromatic heterocycles. The van der Waals surface area contributed by atoms with E-state index in [9.17, 15) is 9.90 Å². The Morgan fingerprint density at radius 2 is 2.00 bits per heavy atom. The molecule has 0 spiro atoms. The maximum absolute atomic E-state index is 12.6. The number of carbonyl (C=O) groups is 1. The predicted molar refractivity (Wildman–Crippen MR) is 96.5 cm³/mol. The highest BCUT2D eigenvalue weighted by Crippen LogP contribution is 2.26. The molecule has 0 aliphatic heterocycles. The summed E-state index contributed by atoms with van der Waals surface area (Å²) < 4.78 is 5.27. The van der Waals surface area contributed by atoms with Gasteiger partial charge >= 0.3 is 0 Å². The van der Waals surface area contributed by atoms with Gasteiger partial charge in [0.2, 0.25) is 5.95 Å². The van der Waals surface area contributed by atoms with Gasteiger partial charge in [0.15, 0.2) is 0 Å². The molecule has 2 heterocycles. The molecule has 0 saturated heterocycles. The van der Waals surface area contributed by atoms with Gasteiger partial charge in [0.05, 0.1) is 31.1 Å². The molecule has 0 bridgehead atoms. The molecule has 0 radical (unpaired) electrons. The minimum atomic E-state index is -0.677. The normalized spacial score (nSPS) is 12.0. The van der Waals surface area contributed by atoms with Crippen LogP contribution in [0.15, 0.2) is 36.4 Å². The van der Waals surface area contributed by atoms with Crippen molar-refractivity contribution in [3.8, 4) is 5.75 Å². The van der Waals surface area contributed by atoms with Crippen LogP contribution in [0.2, 0.25) is 0 Å². The number of aromatic nitrogens is 3. The number of hydrogen-bond donors (Lipinski definition) is 3. The second-order valence-corrected chi connectivity index (χ2v) is 5.70. The third-order valence-electron chi connectivity index (χ3n) is 3.83. The summed E-state index contributed by atoms with van der Waals surface area (Å²) in [5.41, 5.74) is 7.55. The fraction of sp³-hybridized carbons (Fsp3) is 0.222. The highest BCUT2D eigenvalue weighted by Gasteiger charge is 2.16. The first-order chi connectivity index (χ1) is 12.5. The lowest BCUT2D eigenvalue weighted by atomic mass is 10.1. The number of para-hydroxylation sites is 1.